The molecule has 1 saturated carbocycles. The Morgan fingerprint density at radius 3 is 2.75 bits per heavy atom. The maximum Gasteiger partial charge on any atom is 0.213 e. The van der Waals surface area contributed by atoms with Crippen molar-refractivity contribution in [1.29, 1.82) is 0 Å². The van der Waals surface area contributed by atoms with Crippen LogP contribution in [0.3, 0.4) is 0 Å². The van der Waals surface area contributed by atoms with E-state index in [1.54, 1.807) is 0 Å². The van der Waals surface area contributed by atoms with Crippen molar-refractivity contribution in [1.82, 2.24) is 4.98 Å². The third-order valence-corrected chi connectivity index (χ3v) is 3.50. The zero-order valence-electron chi connectivity index (χ0n) is 10.3. The number of pyridine rings is 1. The summed E-state index contributed by atoms with van der Waals surface area (Å²) >= 11 is 0. The van der Waals surface area contributed by atoms with Crippen molar-refractivity contribution in [3.63, 3.8) is 0 Å². The molecule has 0 aliphatic heterocycles. The van der Waals surface area contributed by atoms with Gasteiger partial charge in [-0.25, -0.2) is 4.98 Å². The predicted molar refractivity (Wildman–Crippen MR) is 65.8 cm³/mol. The summed E-state index contributed by atoms with van der Waals surface area (Å²) in [6.45, 7) is 7.19. The van der Waals surface area contributed by atoms with Crippen LogP contribution >= 0.6 is 0 Å². The summed E-state index contributed by atoms with van der Waals surface area (Å²) in [4.78, 5) is 4.24. The Balaban J connectivity index is 1.94. The molecule has 16 heavy (non-hydrogen) atoms. The van der Waals surface area contributed by atoms with Gasteiger partial charge < -0.3 is 10.1 Å². The lowest BCUT2D eigenvalue weighted by molar-refractivity contribution is 0.327. The third-order valence-electron chi connectivity index (χ3n) is 3.50. The zero-order valence-corrected chi connectivity index (χ0v) is 10.3. The van der Waals surface area contributed by atoms with Gasteiger partial charge in [0.15, 0.2) is 0 Å². The Bertz CT molecular complexity index is 343. The minimum atomic E-state index is 0.485. The lowest BCUT2D eigenvalue weighted by Crippen LogP contribution is -2.24. The first kappa shape index (κ1) is 11.2. The summed E-state index contributed by atoms with van der Waals surface area (Å²) in [6.07, 6.45) is 4.49. The SMILES string of the molecule is CCOc1ccc(NC(C)C2(C)CC2)cn1. The van der Waals surface area contributed by atoms with E-state index in [9.17, 15) is 0 Å². The van der Waals surface area contributed by atoms with Crippen LogP contribution in [0.15, 0.2) is 18.3 Å². The molecule has 0 radical (unpaired) electrons. The first-order valence-electron chi connectivity index (χ1n) is 5.99. The molecule has 0 spiro atoms. The molecule has 3 nitrogen and oxygen atoms in total. The highest BCUT2D eigenvalue weighted by molar-refractivity contribution is 5.43. The molecule has 1 heterocycles. The third kappa shape index (κ3) is 2.46. The molecule has 1 fully saturated rings. The number of hydrogen-bond donors (Lipinski definition) is 1. The van der Waals surface area contributed by atoms with Gasteiger partial charge in [-0.1, -0.05) is 6.92 Å². The van der Waals surface area contributed by atoms with Gasteiger partial charge in [-0.05, 0) is 38.2 Å². The van der Waals surface area contributed by atoms with E-state index in [4.69, 9.17) is 4.74 Å². The van der Waals surface area contributed by atoms with Gasteiger partial charge in [0.1, 0.15) is 0 Å². The van der Waals surface area contributed by atoms with Crippen molar-refractivity contribution in [2.75, 3.05) is 11.9 Å². The second-order valence-corrected chi connectivity index (χ2v) is 4.84. The molecule has 1 N–H and O–H groups in total. The van der Waals surface area contributed by atoms with Crippen LogP contribution < -0.4 is 10.1 Å². The number of hydrogen-bond acceptors (Lipinski definition) is 3. The molecule has 88 valence electrons. The summed E-state index contributed by atoms with van der Waals surface area (Å²) in [7, 11) is 0. The summed E-state index contributed by atoms with van der Waals surface area (Å²) < 4.78 is 5.31. The lowest BCUT2D eigenvalue weighted by Gasteiger charge is -2.21. The Hall–Kier alpha value is -1.25. The van der Waals surface area contributed by atoms with E-state index in [1.807, 2.05) is 25.3 Å². The molecule has 0 amide bonds. The van der Waals surface area contributed by atoms with Crippen LogP contribution in [-0.4, -0.2) is 17.6 Å². The van der Waals surface area contributed by atoms with E-state index in [0.717, 1.165) is 5.69 Å². The predicted octanol–water partition coefficient (Wildman–Crippen LogP) is 3.08. The van der Waals surface area contributed by atoms with Gasteiger partial charge >= 0.3 is 0 Å². The maximum absolute atomic E-state index is 5.31. The number of nitrogens with one attached hydrogen (secondary N) is 1. The van der Waals surface area contributed by atoms with Crippen molar-refractivity contribution in [3.8, 4) is 5.88 Å². The summed E-state index contributed by atoms with van der Waals surface area (Å²) in [6, 6.07) is 4.45. The number of aromatic nitrogens is 1. The molecular formula is C13H20N2O. The van der Waals surface area contributed by atoms with E-state index in [0.29, 0.717) is 23.9 Å². The van der Waals surface area contributed by atoms with Gasteiger partial charge in [-0.2, -0.15) is 0 Å². The molecular weight excluding hydrogens is 200 g/mol. The fourth-order valence-corrected chi connectivity index (χ4v) is 1.75. The molecule has 1 aliphatic rings. The molecule has 0 aromatic carbocycles. The lowest BCUT2D eigenvalue weighted by atomic mass is 10.0. The average Bonchev–Trinajstić information content (AvgIpc) is 3.01. The van der Waals surface area contributed by atoms with Gasteiger partial charge in [0, 0.05) is 12.1 Å². The van der Waals surface area contributed by atoms with E-state index in [2.05, 4.69) is 24.1 Å². The fraction of sp³-hybridized carbons (Fsp3) is 0.615. The molecule has 1 aliphatic carbocycles. The van der Waals surface area contributed by atoms with Crippen molar-refractivity contribution >= 4 is 5.69 Å². The number of ether oxygens (including phenoxy) is 1. The summed E-state index contributed by atoms with van der Waals surface area (Å²) in [5, 5.41) is 3.50. The highest BCUT2D eigenvalue weighted by Crippen LogP contribution is 2.48. The normalized spacial score (nSPS) is 18.9. The highest BCUT2D eigenvalue weighted by atomic mass is 16.5. The van der Waals surface area contributed by atoms with E-state index >= 15 is 0 Å². The van der Waals surface area contributed by atoms with Gasteiger partial charge in [0.05, 0.1) is 18.5 Å². The largest absolute Gasteiger partial charge is 0.478 e. The minimum Gasteiger partial charge on any atom is -0.478 e. The first-order valence-corrected chi connectivity index (χ1v) is 5.99. The quantitative estimate of drug-likeness (QED) is 0.828. The average molecular weight is 220 g/mol. The molecule has 1 unspecified atom stereocenters. The number of nitrogens with zero attached hydrogens (tertiary/aromatic N) is 1. The Morgan fingerprint density at radius 1 is 1.50 bits per heavy atom. The molecule has 0 saturated heterocycles. The Morgan fingerprint density at radius 2 is 2.25 bits per heavy atom. The molecule has 2 rings (SSSR count). The van der Waals surface area contributed by atoms with Crippen LogP contribution in [0.25, 0.3) is 0 Å². The highest BCUT2D eigenvalue weighted by Gasteiger charge is 2.42. The van der Waals surface area contributed by atoms with Gasteiger partial charge in [-0.15, -0.1) is 0 Å². The van der Waals surface area contributed by atoms with E-state index in [1.165, 1.54) is 12.8 Å². The molecule has 1 aromatic heterocycles. The summed E-state index contributed by atoms with van der Waals surface area (Å²) in [5.74, 6) is 0.693. The van der Waals surface area contributed by atoms with Crippen LogP contribution in [0.1, 0.15) is 33.6 Å². The molecule has 3 heteroatoms. The van der Waals surface area contributed by atoms with Crippen LogP contribution in [-0.2, 0) is 0 Å². The molecule has 0 bridgehead atoms. The second kappa shape index (κ2) is 4.32. The van der Waals surface area contributed by atoms with Crippen LogP contribution in [0.5, 0.6) is 5.88 Å². The van der Waals surface area contributed by atoms with Crippen molar-refractivity contribution in [3.05, 3.63) is 18.3 Å². The van der Waals surface area contributed by atoms with Gasteiger partial charge in [-0.3, -0.25) is 0 Å². The van der Waals surface area contributed by atoms with E-state index in [-0.39, 0.29) is 0 Å². The Labute approximate surface area is 97.2 Å². The minimum absolute atomic E-state index is 0.485. The fourth-order valence-electron chi connectivity index (χ4n) is 1.75. The van der Waals surface area contributed by atoms with E-state index < -0.39 is 0 Å². The molecule has 1 atom stereocenters. The van der Waals surface area contributed by atoms with Gasteiger partial charge in [0.2, 0.25) is 5.88 Å². The number of anilines is 1. The smallest absolute Gasteiger partial charge is 0.213 e. The van der Waals surface area contributed by atoms with Crippen LogP contribution in [0.4, 0.5) is 5.69 Å². The van der Waals surface area contributed by atoms with Crippen molar-refractivity contribution < 1.29 is 4.74 Å². The monoisotopic (exact) mass is 220 g/mol. The van der Waals surface area contributed by atoms with Crippen molar-refractivity contribution in [2.24, 2.45) is 5.41 Å². The standard InChI is InChI=1S/C13H20N2O/c1-4-16-12-6-5-11(9-14-12)15-10(2)13(3)7-8-13/h5-6,9-10,15H,4,7-8H2,1-3H3. The Kier molecular flexibility index (Phi) is 3.03. The van der Waals surface area contributed by atoms with Crippen LogP contribution in [0, 0.1) is 5.41 Å². The first-order chi connectivity index (χ1) is 7.64. The zero-order chi connectivity index (χ0) is 11.6. The topological polar surface area (TPSA) is 34.1 Å². The van der Waals surface area contributed by atoms with Gasteiger partial charge in [0.25, 0.3) is 0 Å². The van der Waals surface area contributed by atoms with Crippen LogP contribution in [0.2, 0.25) is 0 Å². The maximum atomic E-state index is 5.31. The second-order valence-electron chi connectivity index (χ2n) is 4.84. The van der Waals surface area contributed by atoms with Crippen molar-refractivity contribution in [2.45, 2.75) is 39.7 Å². The number of rotatable bonds is 5. The molecule has 1 aromatic rings. The summed E-state index contributed by atoms with van der Waals surface area (Å²) in [5.41, 5.74) is 1.56.